The van der Waals surface area contributed by atoms with Gasteiger partial charge in [0, 0.05) is 34.3 Å². The third-order valence-electron chi connectivity index (χ3n) is 5.67. The van der Waals surface area contributed by atoms with Gasteiger partial charge in [0.15, 0.2) is 5.88 Å². The van der Waals surface area contributed by atoms with Crippen molar-refractivity contribution in [1.82, 2.24) is 4.98 Å². The minimum atomic E-state index is -3.92. The number of nitrogens with one attached hydrogen (secondary N) is 2. The molecule has 9 nitrogen and oxygen atoms in total. The lowest BCUT2D eigenvalue weighted by molar-refractivity contribution is -0.384. The molecule has 5 rings (SSSR count). The van der Waals surface area contributed by atoms with E-state index < -0.39 is 14.9 Å². The van der Waals surface area contributed by atoms with Crippen molar-refractivity contribution in [3.63, 3.8) is 0 Å². The van der Waals surface area contributed by atoms with E-state index >= 15 is 0 Å². The van der Waals surface area contributed by atoms with Gasteiger partial charge in [-0.15, -0.1) is 0 Å². The Bertz CT molecular complexity index is 1730. The van der Waals surface area contributed by atoms with E-state index in [0.29, 0.717) is 39.1 Å². The number of hydrogen-bond acceptors (Lipinski definition) is 6. The Hall–Kier alpha value is -4.96. The van der Waals surface area contributed by atoms with E-state index in [4.69, 9.17) is 4.99 Å². The molecule has 0 unspecified atom stereocenters. The summed E-state index contributed by atoms with van der Waals surface area (Å²) >= 11 is 0. The number of sulfonamides is 1. The molecule has 0 fully saturated rings. The van der Waals surface area contributed by atoms with Crippen LogP contribution in [-0.2, 0) is 10.0 Å². The molecule has 0 aliphatic rings. The fourth-order valence-electron chi connectivity index (χ4n) is 3.92. The Kier molecular flexibility index (Phi) is 6.16. The summed E-state index contributed by atoms with van der Waals surface area (Å²) in [5.74, 6) is -0.190. The summed E-state index contributed by atoms with van der Waals surface area (Å²) in [6.07, 6.45) is 0. The molecule has 4 aromatic carbocycles. The van der Waals surface area contributed by atoms with Crippen LogP contribution in [-0.4, -0.2) is 29.1 Å². The molecular formula is C27H20N4O5S. The van der Waals surface area contributed by atoms with Crippen LogP contribution in [0.5, 0.6) is 5.88 Å². The smallest absolute Gasteiger partial charge is 0.269 e. The zero-order chi connectivity index (χ0) is 26.0. The molecule has 0 aliphatic carbocycles. The number of aromatic hydroxyl groups is 1. The SMILES string of the molecule is O=[N+]([O-])c1ccc(N=C(c2ccccc2)c2c(O)[nH]c3ccc(S(=O)(=O)Nc4ccccc4)cc23)cc1. The van der Waals surface area contributed by atoms with Gasteiger partial charge in [0.1, 0.15) is 0 Å². The predicted octanol–water partition coefficient (Wildman–Crippen LogP) is 5.75. The molecule has 0 bridgehead atoms. The summed E-state index contributed by atoms with van der Waals surface area (Å²) in [6, 6.07) is 27.8. The molecule has 0 spiro atoms. The fourth-order valence-corrected chi connectivity index (χ4v) is 5.01. The lowest BCUT2D eigenvalue weighted by Crippen LogP contribution is -2.12. The van der Waals surface area contributed by atoms with Crippen LogP contribution in [0.15, 0.2) is 113 Å². The van der Waals surface area contributed by atoms with Gasteiger partial charge < -0.3 is 10.1 Å². The van der Waals surface area contributed by atoms with Gasteiger partial charge in [-0.05, 0) is 42.5 Å². The van der Waals surface area contributed by atoms with E-state index in [-0.39, 0.29) is 16.5 Å². The highest BCUT2D eigenvalue weighted by Crippen LogP contribution is 2.33. The number of rotatable bonds is 7. The highest BCUT2D eigenvalue weighted by atomic mass is 32.2. The summed E-state index contributed by atoms with van der Waals surface area (Å²) in [4.78, 5) is 18.1. The number of nitro benzene ring substituents is 1. The number of fused-ring (bicyclic) bond motifs is 1. The molecule has 0 radical (unpaired) electrons. The van der Waals surface area contributed by atoms with Crippen LogP contribution in [0.1, 0.15) is 11.1 Å². The van der Waals surface area contributed by atoms with Gasteiger partial charge in [-0.3, -0.25) is 14.8 Å². The molecule has 0 saturated carbocycles. The monoisotopic (exact) mass is 512 g/mol. The second-order valence-corrected chi connectivity index (χ2v) is 9.81. The minimum Gasteiger partial charge on any atom is -0.494 e. The lowest BCUT2D eigenvalue weighted by Gasteiger charge is -2.10. The average molecular weight is 513 g/mol. The number of nitro groups is 1. The van der Waals surface area contributed by atoms with E-state index in [9.17, 15) is 23.6 Å². The van der Waals surface area contributed by atoms with Crippen molar-refractivity contribution < 1.29 is 18.4 Å². The average Bonchev–Trinajstić information content (AvgIpc) is 3.23. The van der Waals surface area contributed by atoms with Crippen molar-refractivity contribution in [3.05, 3.63) is 124 Å². The van der Waals surface area contributed by atoms with Crippen LogP contribution in [0, 0.1) is 10.1 Å². The first-order chi connectivity index (χ1) is 17.8. The van der Waals surface area contributed by atoms with Crippen LogP contribution in [0.4, 0.5) is 17.1 Å². The maximum absolute atomic E-state index is 13.1. The maximum atomic E-state index is 13.1. The summed E-state index contributed by atoms with van der Waals surface area (Å²) < 4.78 is 28.8. The van der Waals surface area contributed by atoms with E-state index in [1.54, 1.807) is 48.5 Å². The van der Waals surface area contributed by atoms with E-state index in [0.717, 1.165) is 0 Å². The van der Waals surface area contributed by atoms with Crippen LogP contribution in [0.25, 0.3) is 10.9 Å². The van der Waals surface area contributed by atoms with Crippen LogP contribution in [0.2, 0.25) is 0 Å². The van der Waals surface area contributed by atoms with E-state index in [1.165, 1.54) is 36.4 Å². The number of nitrogens with zero attached hydrogens (tertiary/aromatic N) is 2. The van der Waals surface area contributed by atoms with Crippen LogP contribution >= 0.6 is 0 Å². The maximum Gasteiger partial charge on any atom is 0.269 e. The molecule has 5 aromatic rings. The van der Waals surface area contributed by atoms with Crippen LogP contribution < -0.4 is 4.72 Å². The second kappa shape index (κ2) is 9.59. The number of para-hydroxylation sites is 1. The third kappa shape index (κ3) is 4.91. The number of H-pyrrole nitrogens is 1. The first-order valence-electron chi connectivity index (χ1n) is 11.1. The van der Waals surface area contributed by atoms with Crippen molar-refractivity contribution in [3.8, 4) is 5.88 Å². The normalized spacial score (nSPS) is 11.9. The Morgan fingerprint density at radius 3 is 2.19 bits per heavy atom. The van der Waals surface area contributed by atoms with Crippen molar-refractivity contribution in [2.45, 2.75) is 4.90 Å². The van der Waals surface area contributed by atoms with Crippen molar-refractivity contribution in [1.29, 1.82) is 0 Å². The summed E-state index contributed by atoms with van der Waals surface area (Å²) in [5.41, 5.74) is 2.61. The fraction of sp³-hybridized carbons (Fsp3) is 0. The quantitative estimate of drug-likeness (QED) is 0.145. The number of hydrogen-bond donors (Lipinski definition) is 3. The zero-order valence-electron chi connectivity index (χ0n) is 19.2. The molecule has 1 aromatic heterocycles. The number of aromatic nitrogens is 1. The van der Waals surface area contributed by atoms with Crippen molar-refractivity contribution in [2.24, 2.45) is 4.99 Å². The van der Waals surface area contributed by atoms with Gasteiger partial charge in [-0.2, -0.15) is 0 Å². The van der Waals surface area contributed by atoms with E-state index in [2.05, 4.69) is 9.71 Å². The molecule has 0 amide bonds. The number of aliphatic imine (C=N–C) groups is 1. The molecule has 1 heterocycles. The number of benzene rings is 4. The number of anilines is 1. The topological polar surface area (TPSA) is 138 Å². The molecule has 10 heteroatoms. The molecular weight excluding hydrogens is 492 g/mol. The lowest BCUT2D eigenvalue weighted by atomic mass is 10.0. The predicted molar refractivity (Wildman–Crippen MR) is 142 cm³/mol. The van der Waals surface area contributed by atoms with Crippen LogP contribution in [0.3, 0.4) is 0 Å². The third-order valence-corrected chi connectivity index (χ3v) is 7.05. The Morgan fingerprint density at radius 2 is 1.54 bits per heavy atom. The number of non-ortho nitro benzene ring substituents is 1. The molecule has 184 valence electrons. The first kappa shape index (κ1) is 23.8. The van der Waals surface area contributed by atoms with Gasteiger partial charge in [0.05, 0.1) is 26.8 Å². The minimum absolute atomic E-state index is 0.00634. The summed E-state index contributed by atoms with van der Waals surface area (Å²) in [7, 11) is -3.92. The summed E-state index contributed by atoms with van der Waals surface area (Å²) in [5, 5.41) is 22.4. The largest absolute Gasteiger partial charge is 0.494 e. The Labute approximate surface area is 212 Å². The van der Waals surface area contributed by atoms with E-state index in [1.807, 2.05) is 18.2 Å². The molecule has 3 N–H and O–H groups in total. The molecule has 0 aliphatic heterocycles. The Morgan fingerprint density at radius 1 is 0.892 bits per heavy atom. The van der Waals surface area contributed by atoms with Gasteiger partial charge in [0.25, 0.3) is 15.7 Å². The highest BCUT2D eigenvalue weighted by molar-refractivity contribution is 7.92. The van der Waals surface area contributed by atoms with Crippen molar-refractivity contribution >= 4 is 43.7 Å². The first-order valence-corrected chi connectivity index (χ1v) is 12.6. The van der Waals surface area contributed by atoms with Gasteiger partial charge >= 0.3 is 0 Å². The van der Waals surface area contributed by atoms with Gasteiger partial charge in [-0.25, -0.2) is 13.4 Å². The van der Waals surface area contributed by atoms with Gasteiger partial charge in [0.2, 0.25) is 0 Å². The number of aromatic amines is 1. The summed E-state index contributed by atoms with van der Waals surface area (Å²) in [6.45, 7) is 0. The molecule has 37 heavy (non-hydrogen) atoms. The standard InChI is InChI=1S/C27H20N4O5S/c32-27-25(26(18-7-3-1-4-8-18)28-19-11-13-21(14-12-19)31(33)34)23-17-22(15-16-24(23)29-27)37(35,36)30-20-9-5-2-6-10-20/h1-17,29-30,32H. The molecule has 0 atom stereocenters. The molecule has 0 saturated heterocycles. The zero-order valence-corrected chi connectivity index (χ0v) is 20.0. The van der Waals surface area contributed by atoms with Crippen molar-refractivity contribution in [2.75, 3.05) is 4.72 Å². The van der Waals surface area contributed by atoms with Gasteiger partial charge in [-0.1, -0.05) is 48.5 Å². The second-order valence-electron chi connectivity index (χ2n) is 8.13. The Balaban J connectivity index is 1.66. The highest BCUT2D eigenvalue weighted by Gasteiger charge is 2.22.